The van der Waals surface area contributed by atoms with Gasteiger partial charge in [-0.3, -0.25) is 19.4 Å². The van der Waals surface area contributed by atoms with E-state index in [1.807, 2.05) is 45.9 Å². The van der Waals surface area contributed by atoms with Crippen LogP contribution in [0.2, 0.25) is 18.1 Å². The summed E-state index contributed by atoms with van der Waals surface area (Å²) in [7, 11) is 0.908. The van der Waals surface area contributed by atoms with Gasteiger partial charge < -0.3 is 23.5 Å². The van der Waals surface area contributed by atoms with Crippen molar-refractivity contribution in [1.29, 1.82) is 0 Å². The van der Waals surface area contributed by atoms with E-state index in [1.54, 1.807) is 0 Å². The summed E-state index contributed by atoms with van der Waals surface area (Å²) in [5.41, 5.74) is -0.828. The molecule has 55 heavy (non-hydrogen) atoms. The van der Waals surface area contributed by atoms with Gasteiger partial charge in [0.05, 0.1) is 29.3 Å². The molecular formula is C42H61BrFN3O7Si. The number of fused-ring (bicyclic) bond motifs is 4. The number of aromatic nitrogens is 1. The number of aliphatic hydroxyl groups excluding tert-OH is 1. The number of aliphatic hydroxyl groups is 1. The lowest BCUT2D eigenvalue weighted by Crippen LogP contribution is -2.65. The molecule has 1 fully saturated rings. The molecule has 1 N–H and O–H groups in total. The predicted octanol–water partition coefficient (Wildman–Crippen LogP) is 9.93. The molecular weight excluding hydrogens is 785 g/mol. The van der Waals surface area contributed by atoms with Crippen molar-refractivity contribution in [3.05, 3.63) is 49.6 Å². The lowest BCUT2D eigenvalue weighted by Gasteiger charge is -2.55. The van der Waals surface area contributed by atoms with E-state index in [4.69, 9.17) is 18.4 Å². The number of nitrogens with zero attached hydrogens (tertiary/aromatic N) is 3. The van der Waals surface area contributed by atoms with Crippen LogP contribution in [0.5, 0.6) is 11.6 Å². The number of unbranched alkanes of at least 4 members (excludes halogenated alkanes) is 2. The largest absolute Gasteiger partial charge is 0.508 e. The van der Waals surface area contributed by atoms with Crippen LogP contribution in [0.3, 0.4) is 0 Å². The molecule has 0 radical (unpaired) electrons. The van der Waals surface area contributed by atoms with Crippen LogP contribution in [0.1, 0.15) is 143 Å². The van der Waals surface area contributed by atoms with Crippen molar-refractivity contribution in [2.24, 2.45) is 11.8 Å². The van der Waals surface area contributed by atoms with Gasteiger partial charge in [0.1, 0.15) is 22.9 Å². The number of Topliss-reactive ketones (excluding diaryl/α,β-unsaturated/α-hetero) is 2. The number of hydrogen-bond donors (Lipinski definition) is 1. The molecule has 4 aliphatic rings. The fourth-order valence-electron chi connectivity index (χ4n) is 8.92. The number of ketones is 2. The average Bonchev–Trinajstić information content (AvgIpc) is 3.54. The van der Waals surface area contributed by atoms with Gasteiger partial charge in [-0.25, -0.2) is 4.39 Å². The number of piperidine rings is 1. The van der Waals surface area contributed by atoms with E-state index in [0.29, 0.717) is 40.3 Å². The molecule has 1 saturated heterocycles. The summed E-state index contributed by atoms with van der Waals surface area (Å²) in [6, 6.07) is -0.829. The van der Waals surface area contributed by atoms with E-state index in [0.717, 1.165) is 58.0 Å². The number of halogens is 2. The minimum Gasteiger partial charge on any atom is -0.508 e. The second kappa shape index (κ2) is 16.0. The first-order valence-corrected chi connectivity index (χ1v) is 24.1. The highest BCUT2D eigenvalue weighted by Gasteiger charge is 2.67. The Hall–Kier alpha value is -2.58. The molecule has 2 heterocycles. The second-order valence-corrected chi connectivity index (χ2v) is 23.3. The van der Waals surface area contributed by atoms with Crippen molar-refractivity contribution in [1.82, 2.24) is 15.0 Å². The summed E-state index contributed by atoms with van der Waals surface area (Å²) >= 11 is 3.74. The zero-order chi connectivity index (χ0) is 40.2. The van der Waals surface area contributed by atoms with Gasteiger partial charge in [-0.05, 0) is 118 Å². The Labute approximate surface area is 335 Å². The van der Waals surface area contributed by atoms with E-state index in [9.17, 15) is 5.11 Å². The quantitative estimate of drug-likeness (QED) is 0.154. The molecule has 304 valence electrons. The molecule has 0 saturated carbocycles. The Bertz CT molecular complexity index is 1830. The van der Waals surface area contributed by atoms with Crippen molar-refractivity contribution in [2.45, 2.75) is 135 Å². The summed E-state index contributed by atoms with van der Waals surface area (Å²) in [5.74, 6) is -2.47. The van der Waals surface area contributed by atoms with Crippen LogP contribution in [0, 0.1) is 17.7 Å². The molecule has 1 unspecified atom stereocenters. The van der Waals surface area contributed by atoms with Crippen LogP contribution in [0.4, 0.5) is 4.39 Å². The fraction of sp³-hybridized carbons (Fsp3) is 0.690. The van der Waals surface area contributed by atoms with Crippen molar-refractivity contribution in [3.8, 4) is 11.6 Å². The molecule has 3 aliphatic carbocycles. The van der Waals surface area contributed by atoms with Gasteiger partial charge in [0.15, 0.2) is 25.5 Å². The van der Waals surface area contributed by atoms with Gasteiger partial charge in [-0.15, -0.1) is 0 Å². The summed E-state index contributed by atoms with van der Waals surface area (Å²) in [5, 5.41) is 16.8. The zero-order valence-electron chi connectivity index (χ0n) is 34.5. The first-order chi connectivity index (χ1) is 25.9. The standard InChI is InChI=1S/C42H61BrFN3O7Si/c1-11-13-20-51-36-30-26(33(44)28(32(36)43)24(3)47-18-16-15-17-19-47)22-25-23-27-34(46(7)8)37-31(40(45-53-37)52-21-14-12-2)39(50)42(27,38(49)29(25)35(30)48)54-55(9,10)41(4,5)6/h24-25,27,34,49H,11-23H2,1-10H3/t24?,25-,27-,34-,42-/m0/s1. The third kappa shape index (κ3) is 7.05. The Morgan fingerprint density at radius 2 is 1.71 bits per heavy atom. The van der Waals surface area contributed by atoms with Crippen LogP contribution in [-0.2, 0) is 10.8 Å². The normalized spacial score (nSPS) is 25.1. The molecule has 0 bridgehead atoms. The molecule has 0 spiro atoms. The summed E-state index contributed by atoms with van der Waals surface area (Å²) in [6.07, 6.45) is 6.91. The fourth-order valence-corrected chi connectivity index (χ4v) is 11.2. The molecule has 2 aromatic rings. The van der Waals surface area contributed by atoms with Crippen molar-refractivity contribution < 1.29 is 37.5 Å². The zero-order valence-corrected chi connectivity index (χ0v) is 37.1. The van der Waals surface area contributed by atoms with Crippen LogP contribution >= 0.6 is 15.9 Å². The summed E-state index contributed by atoms with van der Waals surface area (Å²) in [4.78, 5) is 34.9. The summed E-state index contributed by atoms with van der Waals surface area (Å²) < 4.78 is 43.5. The predicted molar refractivity (Wildman–Crippen MR) is 216 cm³/mol. The molecule has 0 amide bonds. The number of likely N-dealkylation sites (tertiary alicyclic amines) is 1. The van der Waals surface area contributed by atoms with E-state index in [1.165, 1.54) is 0 Å². The second-order valence-electron chi connectivity index (χ2n) is 17.8. The Morgan fingerprint density at radius 3 is 2.31 bits per heavy atom. The highest BCUT2D eigenvalue weighted by Crippen LogP contribution is 2.60. The van der Waals surface area contributed by atoms with Crippen molar-refractivity contribution in [3.63, 3.8) is 0 Å². The number of carbonyl (C=O) groups excluding carboxylic acids is 2. The number of carbonyl (C=O) groups is 2. The first-order valence-electron chi connectivity index (χ1n) is 20.4. The smallest absolute Gasteiger partial charge is 0.265 e. The number of ether oxygens (including phenoxy) is 2. The maximum atomic E-state index is 17.3. The van der Waals surface area contributed by atoms with E-state index < -0.39 is 54.9 Å². The third-order valence-corrected chi connectivity index (χ3v) is 18.2. The highest BCUT2D eigenvalue weighted by atomic mass is 79.9. The van der Waals surface area contributed by atoms with Gasteiger partial charge in [-0.1, -0.05) is 53.9 Å². The van der Waals surface area contributed by atoms with Crippen LogP contribution in [0.25, 0.3) is 0 Å². The molecule has 1 aliphatic heterocycles. The molecule has 13 heteroatoms. The Balaban J connectivity index is 1.59. The number of rotatable bonds is 13. The number of allylic oxidation sites excluding steroid dienone is 1. The molecule has 1 aromatic heterocycles. The molecule has 5 atom stereocenters. The van der Waals surface area contributed by atoms with Crippen LogP contribution in [0.15, 0.2) is 20.3 Å². The van der Waals surface area contributed by atoms with E-state index >= 15 is 14.0 Å². The van der Waals surface area contributed by atoms with E-state index in [2.05, 4.69) is 53.7 Å². The van der Waals surface area contributed by atoms with Gasteiger partial charge in [0.25, 0.3) is 5.88 Å². The van der Waals surface area contributed by atoms with Crippen LogP contribution in [-0.4, -0.2) is 85.9 Å². The van der Waals surface area contributed by atoms with Crippen LogP contribution < -0.4 is 9.47 Å². The lowest BCUT2D eigenvalue weighted by atomic mass is 9.58. The minimum absolute atomic E-state index is 0.0603. The maximum absolute atomic E-state index is 17.3. The Morgan fingerprint density at radius 1 is 1.07 bits per heavy atom. The summed E-state index contributed by atoms with van der Waals surface area (Å²) in [6.45, 7) is 18.8. The molecule has 6 rings (SSSR count). The van der Waals surface area contributed by atoms with Gasteiger partial charge in [0, 0.05) is 28.7 Å². The number of benzene rings is 1. The van der Waals surface area contributed by atoms with Crippen molar-refractivity contribution >= 4 is 35.8 Å². The van der Waals surface area contributed by atoms with Gasteiger partial charge in [0.2, 0.25) is 5.78 Å². The monoisotopic (exact) mass is 845 g/mol. The van der Waals surface area contributed by atoms with E-state index in [-0.39, 0.29) is 46.5 Å². The first kappa shape index (κ1) is 42.0. The van der Waals surface area contributed by atoms with Crippen molar-refractivity contribution in [2.75, 3.05) is 40.4 Å². The average molecular weight is 847 g/mol. The SMILES string of the molecule is CCCCOc1noc2c1C(=O)[C@@]1(O[Si](C)(C)C(C)(C)C)C(O)=C3C(=O)c4c(c(F)c(C(C)N5CCCCC5)c(Br)c4OCCCC)C[C@H]3C[C@H]1[C@@H]2N(C)C. The van der Waals surface area contributed by atoms with Gasteiger partial charge >= 0.3 is 0 Å². The molecule has 10 nitrogen and oxygen atoms in total. The number of hydrogen-bond acceptors (Lipinski definition) is 10. The third-order valence-electron chi connectivity index (χ3n) is 13.0. The minimum atomic E-state index is -2.88. The lowest BCUT2D eigenvalue weighted by molar-refractivity contribution is -0.0481. The highest BCUT2D eigenvalue weighted by molar-refractivity contribution is 9.10. The van der Waals surface area contributed by atoms with Gasteiger partial charge in [-0.2, -0.15) is 0 Å². The topological polar surface area (TPSA) is 115 Å². The Kier molecular flexibility index (Phi) is 12.2. The molecule has 1 aromatic carbocycles. The maximum Gasteiger partial charge on any atom is 0.265 e.